The van der Waals surface area contributed by atoms with Crippen molar-refractivity contribution in [3.8, 4) is 28.6 Å². The van der Waals surface area contributed by atoms with Gasteiger partial charge in [-0.15, -0.1) is 10.2 Å². The van der Waals surface area contributed by atoms with Crippen molar-refractivity contribution in [2.45, 2.75) is 19.0 Å². The van der Waals surface area contributed by atoms with Crippen LogP contribution in [0.25, 0.3) is 11.4 Å². The Morgan fingerprint density at radius 1 is 0.964 bits per heavy atom. The molecule has 0 aliphatic carbocycles. The van der Waals surface area contributed by atoms with Crippen molar-refractivity contribution in [3.63, 3.8) is 0 Å². The third-order valence-corrected chi connectivity index (χ3v) is 5.13. The molecule has 3 aromatic rings. The summed E-state index contributed by atoms with van der Waals surface area (Å²) in [6, 6.07) is 11.7. The molecule has 3 rings (SSSR count). The Balaban J connectivity index is 1.64. The number of nitrogens with two attached hydrogens (primary N) is 1. The van der Waals surface area contributed by atoms with Gasteiger partial charge in [-0.3, -0.25) is 0 Å². The van der Waals surface area contributed by atoms with Gasteiger partial charge in [-0.25, -0.2) is 4.68 Å². The maximum Gasteiger partial charge on any atom is 0.210 e. The van der Waals surface area contributed by atoms with E-state index in [1.807, 2.05) is 38.1 Å². The first-order chi connectivity index (χ1) is 13.5. The smallest absolute Gasteiger partial charge is 0.210 e. The van der Waals surface area contributed by atoms with E-state index in [0.717, 1.165) is 16.9 Å². The molecule has 0 radical (unpaired) electrons. The van der Waals surface area contributed by atoms with Gasteiger partial charge in [0.25, 0.3) is 0 Å². The zero-order valence-electron chi connectivity index (χ0n) is 16.4. The number of nitrogens with zero attached hydrogens (tertiary/aromatic N) is 3. The molecule has 0 atom stereocenters. The average molecular weight is 401 g/mol. The predicted molar refractivity (Wildman–Crippen MR) is 111 cm³/mol. The summed E-state index contributed by atoms with van der Waals surface area (Å²) in [4.78, 5) is 0. The van der Waals surface area contributed by atoms with Crippen LogP contribution in [-0.2, 0) is 0 Å². The third-order valence-electron chi connectivity index (χ3n) is 4.22. The second kappa shape index (κ2) is 8.88. The van der Waals surface area contributed by atoms with Crippen molar-refractivity contribution in [3.05, 3.63) is 47.5 Å². The second-order valence-electron chi connectivity index (χ2n) is 6.21. The van der Waals surface area contributed by atoms with Crippen molar-refractivity contribution in [1.29, 1.82) is 0 Å². The highest BCUT2D eigenvalue weighted by Gasteiger charge is 2.14. The van der Waals surface area contributed by atoms with Gasteiger partial charge in [0.05, 0.1) is 20.8 Å². The first-order valence-corrected chi connectivity index (χ1v) is 9.77. The molecule has 28 heavy (non-hydrogen) atoms. The lowest BCUT2D eigenvalue weighted by atomic mass is 10.1. The average Bonchev–Trinajstić information content (AvgIpc) is 3.07. The predicted octanol–water partition coefficient (Wildman–Crippen LogP) is 3.46. The maximum absolute atomic E-state index is 6.19. The topological polar surface area (TPSA) is 84.4 Å². The number of hydrogen-bond donors (Lipinski definition) is 1. The highest BCUT2D eigenvalue weighted by atomic mass is 32.2. The SMILES string of the molecule is COc1ccc(-c2nnc(SCCOc3cc(C)ccc3C)n2N)cc1OC. The lowest BCUT2D eigenvalue weighted by Crippen LogP contribution is -2.12. The highest BCUT2D eigenvalue weighted by molar-refractivity contribution is 7.99. The van der Waals surface area contributed by atoms with Crippen LogP contribution in [0.1, 0.15) is 11.1 Å². The van der Waals surface area contributed by atoms with Crippen LogP contribution in [0.3, 0.4) is 0 Å². The number of benzene rings is 2. The number of aryl methyl sites for hydroxylation is 2. The lowest BCUT2D eigenvalue weighted by Gasteiger charge is -2.10. The van der Waals surface area contributed by atoms with Crippen LogP contribution >= 0.6 is 11.8 Å². The van der Waals surface area contributed by atoms with Gasteiger partial charge in [-0.1, -0.05) is 23.9 Å². The zero-order valence-corrected chi connectivity index (χ0v) is 17.2. The van der Waals surface area contributed by atoms with E-state index in [4.69, 9.17) is 20.1 Å². The van der Waals surface area contributed by atoms with Gasteiger partial charge < -0.3 is 20.1 Å². The monoisotopic (exact) mass is 400 g/mol. The molecule has 0 amide bonds. The molecule has 0 spiro atoms. The molecule has 0 aliphatic rings. The van der Waals surface area contributed by atoms with E-state index in [-0.39, 0.29) is 0 Å². The summed E-state index contributed by atoms with van der Waals surface area (Å²) in [6.45, 7) is 4.63. The summed E-state index contributed by atoms with van der Waals surface area (Å²) in [7, 11) is 3.18. The molecule has 2 aromatic carbocycles. The van der Waals surface area contributed by atoms with Gasteiger partial charge in [0, 0.05) is 11.3 Å². The van der Waals surface area contributed by atoms with E-state index < -0.39 is 0 Å². The molecular weight excluding hydrogens is 376 g/mol. The van der Waals surface area contributed by atoms with Gasteiger partial charge in [0.15, 0.2) is 17.3 Å². The van der Waals surface area contributed by atoms with E-state index in [0.29, 0.717) is 34.8 Å². The minimum atomic E-state index is 0.549. The van der Waals surface area contributed by atoms with Crippen LogP contribution < -0.4 is 20.1 Å². The molecule has 8 heteroatoms. The molecule has 0 fully saturated rings. The molecule has 0 saturated heterocycles. The van der Waals surface area contributed by atoms with Gasteiger partial charge in [-0.2, -0.15) is 0 Å². The number of nitrogen functional groups attached to an aromatic ring is 1. The summed E-state index contributed by atoms with van der Waals surface area (Å²) in [5.41, 5.74) is 3.09. The van der Waals surface area contributed by atoms with Crippen LogP contribution in [0.5, 0.6) is 17.2 Å². The van der Waals surface area contributed by atoms with E-state index in [1.54, 1.807) is 14.2 Å². The number of methoxy groups -OCH3 is 2. The summed E-state index contributed by atoms with van der Waals surface area (Å²) < 4.78 is 18.0. The molecule has 0 aliphatic heterocycles. The Bertz CT molecular complexity index is 959. The number of hydrogen-bond acceptors (Lipinski definition) is 7. The Morgan fingerprint density at radius 2 is 1.75 bits per heavy atom. The van der Waals surface area contributed by atoms with Crippen LogP contribution in [0.2, 0.25) is 0 Å². The third kappa shape index (κ3) is 4.33. The van der Waals surface area contributed by atoms with Crippen molar-refractivity contribution < 1.29 is 14.2 Å². The van der Waals surface area contributed by atoms with Crippen molar-refractivity contribution >= 4 is 11.8 Å². The minimum Gasteiger partial charge on any atom is -0.493 e. The highest BCUT2D eigenvalue weighted by Crippen LogP contribution is 2.32. The maximum atomic E-state index is 6.19. The summed E-state index contributed by atoms with van der Waals surface area (Å²) in [6.07, 6.45) is 0. The number of thioether (sulfide) groups is 1. The van der Waals surface area contributed by atoms with E-state index in [1.165, 1.54) is 22.0 Å². The molecule has 0 unspecified atom stereocenters. The standard InChI is InChI=1S/C20H24N4O3S/c1-13-5-6-14(2)17(11-13)27-9-10-28-20-23-22-19(24(20)21)15-7-8-16(25-3)18(12-15)26-4/h5-8,11-12H,9-10,21H2,1-4H3. The second-order valence-corrected chi connectivity index (χ2v) is 7.27. The fraction of sp³-hybridized carbons (Fsp3) is 0.300. The van der Waals surface area contributed by atoms with Crippen LogP contribution in [0.15, 0.2) is 41.6 Å². The molecule has 0 bridgehead atoms. The van der Waals surface area contributed by atoms with E-state index in [9.17, 15) is 0 Å². The van der Waals surface area contributed by atoms with Crippen LogP contribution in [0.4, 0.5) is 0 Å². The van der Waals surface area contributed by atoms with Crippen molar-refractivity contribution in [2.75, 3.05) is 32.4 Å². The molecule has 1 heterocycles. The van der Waals surface area contributed by atoms with E-state index in [2.05, 4.69) is 22.3 Å². The fourth-order valence-electron chi connectivity index (χ4n) is 2.70. The molecule has 1 aromatic heterocycles. The Labute approximate surface area is 168 Å². The molecule has 0 saturated carbocycles. The first kappa shape index (κ1) is 19.9. The van der Waals surface area contributed by atoms with Gasteiger partial charge >= 0.3 is 0 Å². The Hall–Kier alpha value is -2.87. The lowest BCUT2D eigenvalue weighted by molar-refractivity contribution is 0.341. The normalized spacial score (nSPS) is 10.7. The quantitative estimate of drug-likeness (QED) is 0.352. The van der Waals surface area contributed by atoms with Gasteiger partial charge in [-0.05, 0) is 49.2 Å². The largest absolute Gasteiger partial charge is 0.493 e. The van der Waals surface area contributed by atoms with Crippen LogP contribution in [-0.4, -0.2) is 41.5 Å². The van der Waals surface area contributed by atoms with Crippen molar-refractivity contribution in [1.82, 2.24) is 14.9 Å². The first-order valence-electron chi connectivity index (χ1n) is 8.79. The summed E-state index contributed by atoms with van der Waals surface area (Å²) >= 11 is 1.49. The molecule has 2 N–H and O–H groups in total. The fourth-order valence-corrected chi connectivity index (χ4v) is 3.37. The summed E-state index contributed by atoms with van der Waals surface area (Å²) in [5.74, 6) is 9.61. The number of aromatic nitrogens is 3. The van der Waals surface area contributed by atoms with Crippen LogP contribution in [0, 0.1) is 13.8 Å². The minimum absolute atomic E-state index is 0.549. The van der Waals surface area contributed by atoms with Gasteiger partial charge in [0.1, 0.15) is 5.75 Å². The summed E-state index contributed by atoms with van der Waals surface area (Å²) in [5, 5.41) is 9.02. The Kier molecular flexibility index (Phi) is 6.30. The van der Waals surface area contributed by atoms with E-state index >= 15 is 0 Å². The van der Waals surface area contributed by atoms with Gasteiger partial charge in [0.2, 0.25) is 5.16 Å². The zero-order chi connectivity index (χ0) is 20.1. The Morgan fingerprint density at radius 3 is 2.50 bits per heavy atom. The molecule has 7 nitrogen and oxygen atoms in total. The molecule has 148 valence electrons. The molecular formula is C20H24N4O3S. The number of ether oxygens (including phenoxy) is 3. The van der Waals surface area contributed by atoms with Crippen molar-refractivity contribution in [2.24, 2.45) is 0 Å². The number of rotatable bonds is 8.